The van der Waals surface area contributed by atoms with E-state index in [0.717, 1.165) is 31.4 Å². The summed E-state index contributed by atoms with van der Waals surface area (Å²) >= 11 is 0. The van der Waals surface area contributed by atoms with E-state index in [1.165, 1.54) is 19.3 Å². The normalized spacial score (nSPS) is 19.1. The van der Waals surface area contributed by atoms with Crippen LogP contribution in [0.15, 0.2) is 22.8 Å². The van der Waals surface area contributed by atoms with Crippen molar-refractivity contribution in [3.63, 3.8) is 0 Å². The molecule has 0 bridgehead atoms. The molecule has 1 aromatic heterocycles. The predicted molar refractivity (Wildman–Crippen MR) is 84.1 cm³/mol. The van der Waals surface area contributed by atoms with Gasteiger partial charge in [-0.3, -0.25) is 4.79 Å². The molecule has 21 heavy (non-hydrogen) atoms. The van der Waals surface area contributed by atoms with Crippen LogP contribution in [0.25, 0.3) is 0 Å². The maximum absolute atomic E-state index is 12.2. The van der Waals surface area contributed by atoms with Crippen LogP contribution < -0.4 is 10.6 Å². The molecule has 0 saturated heterocycles. The molecule has 4 heteroatoms. The Morgan fingerprint density at radius 3 is 2.76 bits per heavy atom. The number of carbonyl (C=O) groups is 1. The molecular weight excluding hydrogens is 264 g/mol. The van der Waals surface area contributed by atoms with E-state index in [1.807, 2.05) is 19.1 Å². The van der Waals surface area contributed by atoms with Crippen LogP contribution in [0.2, 0.25) is 0 Å². The van der Waals surface area contributed by atoms with E-state index < -0.39 is 0 Å². The Kier molecular flexibility index (Phi) is 6.30. The van der Waals surface area contributed by atoms with Gasteiger partial charge in [0.05, 0.1) is 12.3 Å². The Labute approximate surface area is 127 Å². The first-order chi connectivity index (χ1) is 10.1. The summed E-state index contributed by atoms with van der Waals surface area (Å²) in [7, 11) is 0. The van der Waals surface area contributed by atoms with Crippen LogP contribution in [0, 0.1) is 0 Å². The second kappa shape index (κ2) is 8.23. The van der Waals surface area contributed by atoms with Crippen LogP contribution in [0.5, 0.6) is 0 Å². The van der Waals surface area contributed by atoms with Gasteiger partial charge in [0.1, 0.15) is 5.76 Å². The maximum Gasteiger partial charge on any atom is 0.237 e. The first kappa shape index (κ1) is 16.1. The molecule has 0 aromatic carbocycles. The second-order valence-corrected chi connectivity index (χ2v) is 6.25. The molecule has 0 spiro atoms. The van der Waals surface area contributed by atoms with Crippen molar-refractivity contribution in [1.82, 2.24) is 10.6 Å². The summed E-state index contributed by atoms with van der Waals surface area (Å²) in [6.07, 6.45) is 9.63. The number of nitrogens with one attached hydrogen (secondary N) is 2. The minimum absolute atomic E-state index is 0.131. The molecular formula is C17H28N2O2. The van der Waals surface area contributed by atoms with E-state index in [1.54, 1.807) is 6.26 Å². The highest BCUT2D eigenvalue weighted by atomic mass is 16.3. The summed E-state index contributed by atoms with van der Waals surface area (Å²) in [5, 5.41) is 6.55. The molecule has 0 aliphatic heterocycles. The van der Waals surface area contributed by atoms with Crippen molar-refractivity contribution >= 4 is 5.91 Å². The van der Waals surface area contributed by atoms with Gasteiger partial charge in [-0.15, -0.1) is 0 Å². The fraction of sp³-hybridized carbons (Fsp3) is 0.706. The molecule has 1 aliphatic rings. The van der Waals surface area contributed by atoms with Crippen molar-refractivity contribution in [3.8, 4) is 0 Å². The Balaban J connectivity index is 1.66. The van der Waals surface area contributed by atoms with Crippen LogP contribution in [-0.2, 0) is 11.2 Å². The van der Waals surface area contributed by atoms with Crippen molar-refractivity contribution < 1.29 is 9.21 Å². The minimum Gasteiger partial charge on any atom is -0.469 e. The Bertz CT molecular complexity index is 410. The minimum atomic E-state index is -0.140. The number of carbonyl (C=O) groups excluding carboxylic acids is 1. The van der Waals surface area contributed by atoms with Crippen LogP contribution >= 0.6 is 0 Å². The monoisotopic (exact) mass is 292 g/mol. The van der Waals surface area contributed by atoms with Crippen molar-refractivity contribution in [3.05, 3.63) is 24.2 Å². The number of rotatable bonds is 7. The summed E-state index contributed by atoms with van der Waals surface area (Å²) < 4.78 is 5.33. The van der Waals surface area contributed by atoms with Gasteiger partial charge in [-0.25, -0.2) is 0 Å². The lowest BCUT2D eigenvalue weighted by atomic mass is 9.95. The van der Waals surface area contributed by atoms with Gasteiger partial charge in [-0.05, 0) is 45.2 Å². The average Bonchev–Trinajstić information content (AvgIpc) is 2.99. The lowest BCUT2D eigenvalue weighted by Crippen LogP contribution is -2.49. The molecule has 2 rings (SSSR count). The third-order valence-electron chi connectivity index (χ3n) is 4.28. The lowest BCUT2D eigenvalue weighted by Gasteiger charge is -2.26. The average molecular weight is 292 g/mol. The molecule has 0 radical (unpaired) electrons. The van der Waals surface area contributed by atoms with E-state index in [0.29, 0.717) is 12.1 Å². The van der Waals surface area contributed by atoms with Crippen molar-refractivity contribution in [2.75, 3.05) is 0 Å². The van der Waals surface area contributed by atoms with Gasteiger partial charge in [-0.1, -0.05) is 19.3 Å². The highest BCUT2D eigenvalue weighted by Crippen LogP contribution is 2.17. The third kappa shape index (κ3) is 5.54. The Morgan fingerprint density at radius 1 is 1.33 bits per heavy atom. The molecule has 1 aliphatic carbocycles. The number of hydrogen-bond donors (Lipinski definition) is 2. The molecule has 2 N–H and O–H groups in total. The van der Waals surface area contributed by atoms with Crippen LogP contribution in [0.4, 0.5) is 0 Å². The number of aryl methyl sites for hydroxylation is 1. The SMILES string of the molecule is CC(CCc1ccco1)NC(C)C(=O)NC1CCCCC1. The zero-order valence-electron chi connectivity index (χ0n) is 13.2. The Hall–Kier alpha value is -1.29. The van der Waals surface area contributed by atoms with Crippen LogP contribution in [0.3, 0.4) is 0 Å². The molecule has 2 unspecified atom stereocenters. The van der Waals surface area contributed by atoms with Gasteiger partial charge in [-0.2, -0.15) is 0 Å². The van der Waals surface area contributed by atoms with Gasteiger partial charge < -0.3 is 15.1 Å². The van der Waals surface area contributed by atoms with Crippen LogP contribution in [-0.4, -0.2) is 24.0 Å². The number of furan rings is 1. The molecule has 1 amide bonds. The highest BCUT2D eigenvalue weighted by molar-refractivity contribution is 5.81. The van der Waals surface area contributed by atoms with E-state index in [4.69, 9.17) is 4.42 Å². The van der Waals surface area contributed by atoms with Gasteiger partial charge in [0.2, 0.25) is 5.91 Å². The summed E-state index contributed by atoms with van der Waals surface area (Å²) in [5.41, 5.74) is 0. The standard InChI is InChI=1S/C17H28N2O2/c1-13(10-11-16-9-6-12-21-16)18-14(2)17(20)19-15-7-4-3-5-8-15/h6,9,12-15,18H,3-5,7-8,10-11H2,1-2H3,(H,19,20). The van der Waals surface area contributed by atoms with Crippen molar-refractivity contribution in [1.29, 1.82) is 0 Å². The Morgan fingerprint density at radius 2 is 2.10 bits per heavy atom. The molecule has 1 fully saturated rings. The molecule has 118 valence electrons. The van der Waals surface area contributed by atoms with E-state index in [2.05, 4.69) is 17.6 Å². The highest BCUT2D eigenvalue weighted by Gasteiger charge is 2.20. The van der Waals surface area contributed by atoms with Crippen molar-refractivity contribution in [2.45, 2.75) is 76.9 Å². The molecule has 4 nitrogen and oxygen atoms in total. The largest absolute Gasteiger partial charge is 0.469 e. The first-order valence-electron chi connectivity index (χ1n) is 8.24. The predicted octanol–water partition coefficient (Wildman–Crippen LogP) is 3.03. The summed E-state index contributed by atoms with van der Waals surface area (Å²) in [5.74, 6) is 1.13. The van der Waals surface area contributed by atoms with Crippen molar-refractivity contribution in [2.24, 2.45) is 0 Å². The fourth-order valence-electron chi connectivity index (χ4n) is 2.97. The summed E-state index contributed by atoms with van der Waals surface area (Å²) in [6.45, 7) is 4.06. The molecule has 2 atom stereocenters. The van der Waals surface area contributed by atoms with Gasteiger partial charge in [0, 0.05) is 18.5 Å². The lowest BCUT2D eigenvalue weighted by molar-refractivity contribution is -0.123. The van der Waals surface area contributed by atoms with Gasteiger partial charge >= 0.3 is 0 Å². The van der Waals surface area contributed by atoms with E-state index in [9.17, 15) is 4.79 Å². The fourth-order valence-corrected chi connectivity index (χ4v) is 2.97. The molecule has 1 saturated carbocycles. The second-order valence-electron chi connectivity index (χ2n) is 6.25. The molecule has 1 heterocycles. The maximum atomic E-state index is 12.2. The zero-order chi connectivity index (χ0) is 15.1. The third-order valence-corrected chi connectivity index (χ3v) is 4.28. The van der Waals surface area contributed by atoms with Gasteiger partial charge in [0.25, 0.3) is 0 Å². The first-order valence-corrected chi connectivity index (χ1v) is 8.24. The number of amides is 1. The summed E-state index contributed by atoms with van der Waals surface area (Å²) in [4.78, 5) is 12.2. The molecule has 1 aromatic rings. The van der Waals surface area contributed by atoms with Crippen LogP contribution in [0.1, 0.15) is 58.1 Å². The smallest absolute Gasteiger partial charge is 0.237 e. The topological polar surface area (TPSA) is 54.3 Å². The zero-order valence-corrected chi connectivity index (χ0v) is 13.2. The van der Waals surface area contributed by atoms with E-state index in [-0.39, 0.29) is 11.9 Å². The number of hydrogen-bond acceptors (Lipinski definition) is 3. The quantitative estimate of drug-likeness (QED) is 0.812. The summed E-state index contributed by atoms with van der Waals surface area (Å²) in [6, 6.07) is 4.44. The van der Waals surface area contributed by atoms with Gasteiger partial charge in [0.15, 0.2) is 0 Å². The van der Waals surface area contributed by atoms with E-state index >= 15 is 0 Å².